The fraction of sp³-hybridized carbons (Fsp3) is 0.200. The summed E-state index contributed by atoms with van der Waals surface area (Å²) < 4.78 is 26.5. The molecule has 0 spiro atoms. The van der Waals surface area contributed by atoms with Crippen molar-refractivity contribution in [3.8, 4) is 0 Å². The highest BCUT2D eigenvalue weighted by Gasteiger charge is 2.24. The molecule has 2 aromatic rings. The molecule has 1 aromatic heterocycles. The molecule has 0 radical (unpaired) electrons. The van der Waals surface area contributed by atoms with Gasteiger partial charge in [-0.25, -0.2) is 8.42 Å². The molecule has 0 bridgehead atoms. The van der Waals surface area contributed by atoms with Crippen LogP contribution in [0.4, 0.5) is 5.69 Å². The normalized spacial score (nSPS) is 14.0. The number of hydrogen-bond donors (Lipinski definition) is 1. The first-order valence-corrected chi connectivity index (χ1v) is 8.19. The number of anilines is 1. The molecule has 0 aliphatic carbocycles. The van der Waals surface area contributed by atoms with E-state index in [1.807, 2.05) is 0 Å². The molecule has 22 heavy (non-hydrogen) atoms. The average Bonchev–Trinajstić information content (AvgIpc) is 2.87. The lowest BCUT2D eigenvalue weighted by Crippen LogP contribution is -2.26. The third-order valence-electron chi connectivity index (χ3n) is 3.56. The van der Waals surface area contributed by atoms with Gasteiger partial charge in [-0.05, 0) is 41.5 Å². The predicted molar refractivity (Wildman–Crippen MR) is 81.7 cm³/mol. The second kappa shape index (κ2) is 5.51. The van der Waals surface area contributed by atoms with Gasteiger partial charge in [0.25, 0.3) is 0 Å². The van der Waals surface area contributed by atoms with Crippen molar-refractivity contribution >= 4 is 21.6 Å². The number of pyridine rings is 1. The molecule has 114 valence electrons. The minimum Gasteiger partial charge on any atom is -0.326 e. The standard InChI is InChI=1S/C15H15N3O3S/c1-18(10-11-4-6-16-7-5-11)22(20,21)13-2-3-14-12(8-13)9-15(19)17-14/h2-8H,9-10H2,1H3,(H,17,19). The van der Waals surface area contributed by atoms with Crippen LogP contribution in [0.25, 0.3) is 0 Å². The topological polar surface area (TPSA) is 79.4 Å². The van der Waals surface area contributed by atoms with Crippen molar-refractivity contribution < 1.29 is 13.2 Å². The number of nitrogens with zero attached hydrogens (tertiary/aromatic N) is 2. The zero-order valence-corrected chi connectivity index (χ0v) is 12.8. The van der Waals surface area contributed by atoms with Crippen LogP contribution in [0.5, 0.6) is 0 Å². The summed E-state index contributed by atoms with van der Waals surface area (Å²) in [6.07, 6.45) is 3.47. The minimum absolute atomic E-state index is 0.116. The molecule has 1 aromatic carbocycles. The number of sulfonamides is 1. The van der Waals surface area contributed by atoms with Gasteiger partial charge in [0.2, 0.25) is 15.9 Å². The minimum atomic E-state index is -3.60. The van der Waals surface area contributed by atoms with E-state index in [2.05, 4.69) is 10.3 Å². The summed E-state index contributed by atoms with van der Waals surface area (Å²) in [7, 11) is -2.07. The van der Waals surface area contributed by atoms with Crippen molar-refractivity contribution in [3.05, 3.63) is 53.9 Å². The Morgan fingerprint density at radius 1 is 1.23 bits per heavy atom. The molecule has 0 fully saturated rings. The summed E-state index contributed by atoms with van der Waals surface area (Å²) in [5.41, 5.74) is 2.25. The fourth-order valence-electron chi connectivity index (χ4n) is 2.38. The van der Waals surface area contributed by atoms with Crippen LogP contribution < -0.4 is 5.32 Å². The number of carbonyl (C=O) groups is 1. The Morgan fingerprint density at radius 2 is 1.95 bits per heavy atom. The molecule has 3 rings (SSSR count). The van der Waals surface area contributed by atoms with Crippen LogP contribution in [0.15, 0.2) is 47.6 Å². The molecular weight excluding hydrogens is 302 g/mol. The maximum absolute atomic E-state index is 12.6. The predicted octanol–water partition coefficient (Wildman–Crippen LogP) is 1.40. The molecular formula is C15H15N3O3S. The van der Waals surface area contributed by atoms with Crippen LogP contribution in [-0.4, -0.2) is 30.7 Å². The summed E-state index contributed by atoms with van der Waals surface area (Å²) in [4.78, 5) is 15.5. The maximum Gasteiger partial charge on any atom is 0.243 e. The van der Waals surface area contributed by atoms with Crippen LogP contribution in [0, 0.1) is 0 Å². The number of rotatable bonds is 4. The SMILES string of the molecule is CN(Cc1ccncc1)S(=O)(=O)c1ccc2c(c1)CC(=O)N2. The largest absolute Gasteiger partial charge is 0.326 e. The molecule has 1 N–H and O–H groups in total. The van der Waals surface area contributed by atoms with E-state index in [0.717, 1.165) is 5.56 Å². The molecule has 1 aliphatic heterocycles. The van der Waals surface area contributed by atoms with E-state index in [0.29, 0.717) is 11.3 Å². The van der Waals surface area contributed by atoms with E-state index < -0.39 is 10.0 Å². The number of amides is 1. The van der Waals surface area contributed by atoms with Crippen molar-refractivity contribution in [3.63, 3.8) is 0 Å². The van der Waals surface area contributed by atoms with Gasteiger partial charge in [0, 0.05) is 31.7 Å². The van der Waals surface area contributed by atoms with E-state index in [-0.39, 0.29) is 23.8 Å². The Labute approximate surface area is 128 Å². The van der Waals surface area contributed by atoms with Gasteiger partial charge in [-0.15, -0.1) is 0 Å². The summed E-state index contributed by atoms with van der Waals surface area (Å²) in [6, 6.07) is 8.26. The summed E-state index contributed by atoms with van der Waals surface area (Å²) in [5.74, 6) is -0.116. The highest BCUT2D eigenvalue weighted by molar-refractivity contribution is 7.89. The quantitative estimate of drug-likeness (QED) is 0.924. The van der Waals surface area contributed by atoms with Crippen molar-refractivity contribution in [1.29, 1.82) is 0 Å². The molecule has 1 amide bonds. The van der Waals surface area contributed by atoms with Gasteiger partial charge in [-0.3, -0.25) is 9.78 Å². The lowest BCUT2D eigenvalue weighted by Gasteiger charge is -2.17. The Balaban J connectivity index is 1.87. The zero-order chi connectivity index (χ0) is 15.7. The Kier molecular flexibility index (Phi) is 3.67. The lowest BCUT2D eigenvalue weighted by molar-refractivity contribution is -0.115. The maximum atomic E-state index is 12.6. The van der Waals surface area contributed by atoms with E-state index in [4.69, 9.17) is 0 Å². The first-order valence-electron chi connectivity index (χ1n) is 6.75. The molecule has 0 unspecified atom stereocenters. The zero-order valence-electron chi connectivity index (χ0n) is 12.0. The number of nitrogens with one attached hydrogen (secondary N) is 1. The van der Waals surface area contributed by atoms with Crippen LogP contribution >= 0.6 is 0 Å². The highest BCUT2D eigenvalue weighted by Crippen LogP contribution is 2.27. The van der Waals surface area contributed by atoms with Gasteiger partial charge < -0.3 is 5.32 Å². The molecule has 6 nitrogen and oxygen atoms in total. The highest BCUT2D eigenvalue weighted by atomic mass is 32.2. The van der Waals surface area contributed by atoms with Crippen LogP contribution in [0.3, 0.4) is 0 Å². The van der Waals surface area contributed by atoms with Crippen LogP contribution in [0.2, 0.25) is 0 Å². The molecule has 2 heterocycles. The van der Waals surface area contributed by atoms with Gasteiger partial charge in [0.15, 0.2) is 0 Å². The van der Waals surface area contributed by atoms with Crippen LogP contribution in [-0.2, 0) is 27.8 Å². The molecule has 7 heteroatoms. The molecule has 0 saturated heterocycles. The van der Waals surface area contributed by atoms with Crippen molar-refractivity contribution in [2.75, 3.05) is 12.4 Å². The monoisotopic (exact) mass is 317 g/mol. The van der Waals surface area contributed by atoms with Gasteiger partial charge >= 0.3 is 0 Å². The Morgan fingerprint density at radius 3 is 2.68 bits per heavy atom. The number of carbonyl (C=O) groups excluding carboxylic acids is 1. The summed E-state index contributed by atoms with van der Waals surface area (Å²) in [6.45, 7) is 0.263. The van der Waals surface area contributed by atoms with Crippen molar-refractivity contribution in [1.82, 2.24) is 9.29 Å². The van der Waals surface area contributed by atoms with Gasteiger partial charge in [0.05, 0.1) is 11.3 Å². The number of benzene rings is 1. The van der Waals surface area contributed by atoms with E-state index >= 15 is 0 Å². The third kappa shape index (κ3) is 2.72. The van der Waals surface area contributed by atoms with Crippen molar-refractivity contribution in [2.24, 2.45) is 0 Å². The van der Waals surface area contributed by atoms with E-state index in [9.17, 15) is 13.2 Å². The van der Waals surface area contributed by atoms with E-state index in [1.165, 1.54) is 17.4 Å². The molecule has 1 aliphatic rings. The number of fused-ring (bicyclic) bond motifs is 1. The first-order chi connectivity index (χ1) is 10.5. The summed E-state index contributed by atoms with van der Waals surface area (Å²) >= 11 is 0. The Bertz CT molecular complexity index is 819. The number of hydrogen-bond acceptors (Lipinski definition) is 4. The number of aromatic nitrogens is 1. The second-order valence-electron chi connectivity index (χ2n) is 5.16. The van der Waals surface area contributed by atoms with Gasteiger partial charge in [-0.1, -0.05) is 0 Å². The van der Waals surface area contributed by atoms with Crippen LogP contribution in [0.1, 0.15) is 11.1 Å². The lowest BCUT2D eigenvalue weighted by atomic mass is 10.2. The third-order valence-corrected chi connectivity index (χ3v) is 5.36. The average molecular weight is 317 g/mol. The van der Waals surface area contributed by atoms with Crippen molar-refractivity contribution in [2.45, 2.75) is 17.9 Å². The summed E-state index contributed by atoms with van der Waals surface area (Å²) in [5, 5.41) is 2.69. The Hall–Kier alpha value is -2.25. The fourth-order valence-corrected chi connectivity index (χ4v) is 3.59. The van der Waals surface area contributed by atoms with Gasteiger partial charge in [0.1, 0.15) is 0 Å². The second-order valence-corrected chi connectivity index (χ2v) is 7.21. The van der Waals surface area contributed by atoms with Gasteiger partial charge in [-0.2, -0.15) is 4.31 Å². The van der Waals surface area contributed by atoms with E-state index in [1.54, 1.807) is 36.7 Å². The molecule has 0 atom stereocenters. The first kappa shape index (κ1) is 14.7. The molecule has 0 saturated carbocycles. The smallest absolute Gasteiger partial charge is 0.243 e.